The number of aryl methyl sites for hydroxylation is 1. The summed E-state index contributed by atoms with van der Waals surface area (Å²) in [4.78, 5) is 16.4. The predicted molar refractivity (Wildman–Crippen MR) is 91.8 cm³/mol. The van der Waals surface area contributed by atoms with E-state index < -0.39 is 0 Å². The SMILES string of the molecule is COc1ccccc1Oc1ncccc1CNC(=O)c1cc(C)[nH]n1. The molecule has 0 aliphatic rings. The van der Waals surface area contributed by atoms with Crippen LogP contribution in [0.5, 0.6) is 17.4 Å². The number of aromatic nitrogens is 3. The van der Waals surface area contributed by atoms with Crippen molar-refractivity contribution in [3.63, 3.8) is 0 Å². The first-order valence-electron chi connectivity index (χ1n) is 7.72. The van der Waals surface area contributed by atoms with E-state index in [2.05, 4.69) is 20.5 Å². The highest BCUT2D eigenvalue weighted by molar-refractivity contribution is 5.92. The van der Waals surface area contributed by atoms with Gasteiger partial charge >= 0.3 is 0 Å². The monoisotopic (exact) mass is 338 g/mol. The molecule has 2 N–H and O–H groups in total. The van der Waals surface area contributed by atoms with Crippen molar-refractivity contribution in [2.75, 3.05) is 7.11 Å². The average Bonchev–Trinajstić information content (AvgIpc) is 3.08. The number of aromatic amines is 1. The first-order chi connectivity index (χ1) is 12.2. The van der Waals surface area contributed by atoms with Crippen molar-refractivity contribution in [1.29, 1.82) is 0 Å². The van der Waals surface area contributed by atoms with Gasteiger partial charge in [-0.25, -0.2) is 4.98 Å². The number of carbonyl (C=O) groups excluding carboxylic acids is 1. The lowest BCUT2D eigenvalue weighted by Gasteiger charge is -2.12. The van der Waals surface area contributed by atoms with E-state index in [-0.39, 0.29) is 12.5 Å². The number of amides is 1. The van der Waals surface area contributed by atoms with Gasteiger partial charge < -0.3 is 14.8 Å². The Balaban J connectivity index is 1.73. The van der Waals surface area contributed by atoms with E-state index in [0.29, 0.717) is 23.1 Å². The molecule has 0 aliphatic heterocycles. The van der Waals surface area contributed by atoms with Crippen LogP contribution in [0.3, 0.4) is 0 Å². The van der Waals surface area contributed by atoms with Crippen LogP contribution in [0.2, 0.25) is 0 Å². The molecular weight excluding hydrogens is 320 g/mol. The smallest absolute Gasteiger partial charge is 0.272 e. The van der Waals surface area contributed by atoms with E-state index in [1.807, 2.05) is 25.1 Å². The topological polar surface area (TPSA) is 89.1 Å². The first-order valence-corrected chi connectivity index (χ1v) is 7.72. The van der Waals surface area contributed by atoms with Crippen molar-refractivity contribution in [2.24, 2.45) is 0 Å². The number of nitrogens with zero attached hydrogens (tertiary/aromatic N) is 2. The second-order valence-electron chi connectivity index (χ2n) is 5.34. The molecule has 2 aromatic heterocycles. The molecule has 128 valence electrons. The maximum absolute atomic E-state index is 12.1. The summed E-state index contributed by atoms with van der Waals surface area (Å²) in [6.07, 6.45) is 1.63. The van der Waals surface area contributed by atoms with Crippen LogP contribution in [0.1, 0.15) is 21.7 Å². The molecule has 1 aromatic carbocycles. The van der Waals surface area contributed by atoms with Crippen LogP contribution in [-0.4, -0.2) is 28.2 Å². The summed E-state index contributed by atoms with van der Waals surface area (Å²) < 4.78 is 11.1. The van der Waals surface area contributed by atoms with Gasteiger partial charge in [0.15, 0.2) is 11.5 Å². The predicted octanol–water partition coefficient (Wildman–Crippen LogP) is 2.84. The zero-order valence-electron chi connectivity index (χ0n) is 13.9. The summed E-state index contributed by atoms with van der Waals surface area (Å²) in [5.74, 6) is 1.30. The average molecular weight is 338 g/mol. The Bertz CT molecular complexity index is 876. The summed E-state index contributed by atoms with van der Waals surface area (Å²) >= 11 is 0. The highest BCUT2D eigenvalue weighted by atomic mass is 16.5. The van der Waals surface area contributed by atoms with Crippen LogP contribution < -0.4 is 14.8 Å². The van der Waals surface area contributed by atoms with Crippen LogP contribution >= 0.6 is 0 Å². The molecule has 1 amide bonds. The fourth-order valence-electron chi connectivity index (χ4n) is 2.26. The van der Waals surface area contributed by atoms with Crippen molar-refractivity contribution >= 4 is 5.91 Å². The van der Waals surface area contributed by atoms with E-state index in [0.717, 1.165) is 11.3 Å². The minimum absolute atomic E-state index is 0.267. The van der Waals surface area contributed by atoms with E-state index in [9.17, 15) is 4.79 Å². The Morgan fingerprint density at radius 3 is 2.72 bits per heavy atom. The quantitative estimate of drug-likeness (QED) is 0.721. The van der Waals surface area contributed by atoms with Gasteiger partial charge in [0, 0.05) is 24.0 Å². The number of H-pyrrole nitrogens is 1. The molecule has 25 heavy (non-hydrogen) atoms. The van der Waals surface area contributed by atoms with E-state index in [1.54, 1.807) is 37.6 Å². The zero-order valence-corrected chi connectivity index (χ0v) is 13.9. The molecule has 7 heteroatoms. The van der Waals surface area contributed by atoms with Gasteiger partial charge in [-0.15, -0.1) is 0 Å². The number of rotatable bonds is 6. The number of para-hydroxylation sites is 2. The maximum Gasteiger partial charge on any atom is 0.272 e. The Morgan fingerprint density at radius 1 is 1.20 bits per heavy atom. The van der Waals surface area contributed by atoms with Crippen LogP contribution in [-0.2, 0) is 6.54 Å². The first kappa shape index (κ1) is 16.5. The Hall–Kier alpha value is -3.35. The van der Waals surface area contributed by atoms with Crippen LogP contribution in [0.25, 0.3) is 0 Å². The molecule has 7 nitrogen and oxygen atoms in total. The lowest BCUT2D eigenvalue weighted by molar-refractivity contribution is 0.0945. The van der Waals surface area contributed by atoms with Gasteiger partial charge in [-0.2, -0.15) is 5.10 Å². The van der Waals surface area contributed by atoms with Gasteiger partial charge in [0.25, 0.3) is 5.91 Å². The maximum atomic E-state index is 12.1. The normalized spacial score (nSPS) is 10.3. The number of benzene rings is 1. The van der Waals surface area contributed by atoms with Gasteiger partial charge in [0.1, 0.15) is 5.69 Å². The third-order valence-electron chi connectivity index (χ3n) is 3.50. The number of pyridine rings is 1. The van der Waals surface area contributed by atoms with Gasteiger partial charge in [-0.05, 0) is 31.2 Å². The molecule has 3 aromatic rings. The van der Waals surface area contributed by atoms with Crippen molar-refractivity contribution in [3.05, 3.63) is 65.6 Å². The number of ether oxygens (including phenoxy) is 2. The highest BCUT2D eigenvalue weighted by Gasteiger charge is 2.13. The lowest BCUT2D eigenvalue weighted by atomic mass is 10.2. The fourth-order valence-corrected chi connectivity index (χ4v) is 2.26. The summed E-state index contributed by atoms with van der Waals surface area (Å²) in [5, 5.41) is 9.49. The second kappa shape index (κ2) is 7.48. The number of nitrogens with one attached hydrogen (secondary N) is 2. The lowest BCUT2D eigenvalue weighted by Crippen LogP contribution is -2.23. The molecule has 0 unspecified atom stereocenters. The minimum Gasteiger partial charge on any atom is -0.493 e. The largest absolute Gasteiger partial charge is 0.493 e. The fraction of sp³-hybridized carbons (Fsp3) is 0.167. The number of carbonyl (C=O) groups is 1. The van der Waals surface area contributed by atoms with Gasteiger partial charge in [-0.1, -0.05) is 18.2 Å². The van der Waals surface area contributed by atoms with Crippen molar-refractivity contribution in [2.45, 2.75) is 13.5 Å². The number of methoxy groups -OCH3 is 1. The van der Waals surface area contributed by atoms with E-state index >= 15 is 0 Å². The third kappa shape index (κ3) is 3.95. The standard InChI is InChI=1S/C18H18N4O3/c1-12-10-14(22-21-12)17(23)20-11-13-6-5-9-19-18(13)25-16-8-4-3-7-15(16)24-2/h3-10H,11H2,1-2H3,(H,20,23)(H,21,22). The van der Waals surface area contributed by atoms with Crippen LogP contribution in [0.15, 0.2) is 48.7 Å². The number of hydrogen-bond donors (Lipinski definition) is 2. The summed E-state index contributed by atoms with van der Waals surface area (Å²) in [5.41, 5.74) is 1.91. The molecule has 0 spiro atoms. The summed E-state index contributed by atoms with van der Waals surface area (Å²) in [6, 6.07) is 12.6. The molecule has 0 fully saturated rings. The molecule has 0 saturated heterocycles. The molecule has 0 saturated carbocycles. The summed E-state index contributed by atoms with van der Waals surface area (Å²) in [7, 11) is 1.58. The minimum atomic E-state index is -0.267. The van der Waals surface area contributed by atoms with Crippen molar-refractivity contribution in [1.82, 2.24) is 20.5 Å². The van der Waals surface area contributed by atoms with Crippen LogP contribution in [0.4, 0.5) is 0 Å². The molecule has 2 heterocycles. The molecule has 0 atom stereocenters. The number of hydrogen-bond acceptors (Lipinski definition) is 5. The second-order valence-corrected chi connectivity index (χ2v) is 5.34. The Morgan fingerprint density at radius 2 is 2.00 bits per heavy atom. The highest BCUT2D eigenvalue weighted by Crippen LogP contribution is 2.31. The molecule has 0 bridgehead atoms. The molecular formula is C18H18N4O3. The molecule has 3 rings (SSSR count). The third-order valence-corrected chi connectivity index (χ3v) is 3.50. The Kier molecular flexibility index (Phi) is 4.94. The van der Waals surface area contributed by atoms with Crippen molar-refractivity contribution < 1.29 is 14.3 Å². The van der Waals surface area contributed by atoms with Gasteiger partial charge in [-0.3, -0.25) is 9.89 Å². The molecule has 0 radical (unpaired) electrons. The Labute approximate surface area is 145 Å². The van der Waals surface area contributed by atoms with E-state index in [4.69, 9.17) is 9.47 Å². The van der Waals surface area contributed by atoms with E-state index in [1.165, 1.54) is 0 Å². The molecule has 0 aliphatic carbocycles. The van der Waals surface area contributed by atoms with Gasteiger partial charge in [0.05, 0.1) is 7.11 Å². The van der Waals surface area contributed by atoms with Crippen LogP contribution in [0, 0.1) is 6.92 Å². The van der Waals surface area contributed by atoms with Crippen molar-refractivity contribution in [3.8, 4) is 17.4 Å². The zero-order chi connectivity index (χ0) is 17.6. The van der Waals surface area contributed by atoms with Gasteiger partial charge in [0.2, 0.25) is 5.88 Å². The summed E-state index contributed by atoms with van der Waals surface area (Å²) in [6.45, 7) is 2.10.